The summed E-state index contributed by atoms with van der Waals surface area (Å²) in [5.74, 6) is 0.689. The van der Waals surface area contributed by atoms with E-state index in [0.29, 0.717) is 43.2 Å². The van der Waals surface area contributed by atoms with Gasteiger partial charge in [-0.05, 0) is 29.8 Å². The first kappa shape index (κ1) is 24.8. The number of amides is 1. The van der Waals surface area contributed by atoms with Crippen molar-refractivity contribution in [2.45, 2.75) is 24.7 Å². The molecule has 0 unspecified atom stereocenters. The molecule has 0 saturated carbocycles. The highest BCUT2D eigenvalue weighted by molar-refractivity contribution is 5.93. The third-order valence-corrected chi connectivity index (χ3v) is 6.91. The summed E-state index contributed by atoms with van der Waals surface area (Å²) < 4.78 is 53.8. The lowest BCUT2D eigenvalue weighted by molar-refractivity contribution is -0.173. The molecule has 5 rings (SSSR count). The molecular formula is C26H28F3N5O3. The van der Waals surface area contributed by atoms with Crippen LogP contribution in [0, 0.1) is 0 Å². The van der Waals surface area contributed by atoms with E-state index in [1.807, 2.05) is 30.3 Å². The van der Waals surface area contributed by atoms with E-state index in [-0.39, 0.29) is 23.8 Å². The van der Waals surface area contributed by atoms with Crippen LogP contribution >= 0.6 is 0 Å². The maximum absolute atomic E-state index is 14.1. The van der Waals surface area contributed by atoms with Crippen LogP contribution in [-0.4, -0.2) is 67.2 Å². The molecule has 0 radical (unpaired) electrons. The van der Waals surface area contributed by atoms with Gasteiger partial charge in [-0.15, -0.1) is 0 Å². The lowest BCUT2D eigenvalue weighted by Gasteiger charge is -2.35. The zero-order valence-electron chi connectivity index (χ0n) is 20.5. The number of hydrogen-bond acceptors (Lipinski definition) is 6. The highest BCUT2D eigenvalue weighted by Crippen LogP contribution is 2.44. The van der Waals surface area contributed by atoms with Gasteiger partial charge >= 0.3 is 6.18 Å². The summed E-state index contributed by atoms with van der Waals surface area (Å²) in [5, 5.41) is 7.26. The van der Waals surface area contributed by atoms with Crippen molar-refractivity contribution in [1.82, 2.24) is 14.7 Å². The van der Waals surface area contributed by atoms with Gasteiger partial charge in [0.25, 0.3) is 5.91 Å². The number of aromatic nitrogens is 2. The number of halogens is 3. The Kier molecular flexibility index (Phi) is 6.61. The van der Waals surface area contributed by atoms with Gasteiger partial charge < -0.3 is 24.6 Å². The van der Waals surface area contributed by atoms with Crippen LogP contribution < -0.4 is 19.7 Å². The molecule has 1 N–H and O–H groups in total. The summed E-state index contributed by atoms with van der Waals surface area (Å²) in [6.45, 7) is 2.18. The number of carbonyl (C=O) groups excluding carboxylic acids is 1. The number of piperazine rings is 1. The number of alkyl halides is 3. The predicted molar refractivity (Wildman–Crippen MR) is 132 cm³/mol. The molecule has 2 atom stereocenters. The molecule has 196 valence electrons. The maximum atomic E-state index is 14.1. The number of para-hydroxylation sites is 1. The lowest BCUT2D eigenvalue weighted by Crippen LogP contribution is -2.49. The quantitative estimate of drug-likeness (QED) is 0.539. The van der Waals surface area contributed by atoms with E-state index >= 15 is 0 Å². The average Bonchev–Trinajstić information content (AvgIpc) is 3.36. The van der Waals surface area contributed by atoms with Crippen LogP contribution in [0.5, 0.6) is 11.5 Å². The van der Waals surface area contributed by atoms with Crippen molar-refractivity contribution in [3.05, 3.63) is 65.9 Å². The molecule has 8 nitrogen and oxygen atoms in total. The van der Waals surface area contributed by atoms with Crippen LogP contribution in [0.15, 0.2) is 54.6 Å². The summed E-state index contributed by atoms with van der Waals surface area (Å²) in [4.78, 5) is 17.0. The molecule has 3 heterocycles. The molecule has 1 saturated heterocycles. The highest BCUT2D eigenvalue weighted by atomic mass is 19.4. The summed E-state index contributed by atoms with van der Waals surface area (Å²) in [6, 6.07) is 13.8. The molecule has 2 aliphatic rings. The number of fused-ring (bicyclic) bond motifs is 1. The molecule has 1 amide bonds. The summed E-state index contributed by atoms with van der Waals surface area (Å²) in [6.07, 6.45) is -4.82. The van der Waals surface area contributed by atoms with Crippen LogP contribution in [0.4, 0.5) is 24.7 Å². The van der Waals surface area contributed by atoms with Crippen molar-refractivity contribution >= 4 is 17.4 Å². The van der Waals surface area contributed by atoms with Gasteiger partial charge in [-0.1, -0.05) is 24.3 Å². The van der Waals surface area contributed by atoms with Crippen LogP contribution in [0.25, 0.3) is 0 Å². The van der Waals surface area contributed by atoms with Crippen LogP contribution in [0.2, 0.25) is 0 Å². The number of hydrogen-bond donors (Lipinski definition) is 1. The second-order valence-corrected chi connectivity index (χ2v) is 9.08. The van der Waals surface area contributed by atoms with Crippen molar-refractivity contribution in [2.75, 3.05) is 50.6 Å². The minimum Gasteiger partial charge on any atom is -0.493 e. The Bertz CT molecular complexity index is 1260. The molecule has 1 fully saturated rings. The fourth-order valence-electron chi connectivity index (χ4n) is 4.93. The third kappa shape index (κ3) is 4.90. The first-order valence-corrected chi connectivity index (χ1v) is 12.0. The highest BCUT2D eigenvalue weighted by Gasteiger charge is 2.47. The van der Waals surface area contributed by atoms with Crippen molar-refractivity contribution in [2.24, 2.45) is 0 Å². The lowest BCUT2D eigenvalue weighted by atomic mass is 9.96. The number of ether oxygens (including phenoxy) is 2. The fraction of sp³-hybridized carbons (Fsp3) is 0.385. The van der Waals surface area contributed by atoms with Gasteiger partial charge in [0.15, 0.2) is 23.2 Å². The summed E-state index contributed by atoms with van der Waals surface area (Å²) >= 11 is 0. The van der Waals surface area contributed by atoms with Crippen LogP contribution in [0.1, 0.15) is 34.6 Å². The van der Waals surface area contributed by atoms with Gasteiger partial charge in [-0.2, -0.15) is 18.3 Å². The van der Waals surface area contributed by atoms with E-state index in [1.165, 1.54) is 20.3 Å². The third-order valence-electron chi connectivity index (χ3n) is 6.91. The van der Waals surface area contributed by atoms with Gasteiger partial charge in [-0.25, -0.2) is 4.68 Å². The molecule has 2 aliphatic heterocycles. The largest absolute Gasteiger partial charge is 0.493 e. The van der Waals surface area contributed by atoms with E-state index in [2.05, 4.69) is 15.3 Å². The van der Waals surface area contributed by atoms with E-state index in [1.54, 1.807) is 23.1 Å². The van der Waals surface area contributed by atoms with Crippen LogP contribution in [-0.2, 0) is 0 Å². The Morgan fingerprint density at radius 3 is 2.32 bits per heavy atom. The SMILES string of the molecule is COc1ccc([C@@H]2C[C@@H](C(F)(F)F)n3nc(C(=O)N4CCN(c5ccccc5)CC4)cc3N2)cc1OC. The maximum Gasteiger partial charge on any atom is 0.410 e. The number of anilines is 2. The van der Waals surface area contributed by atoms with Gasteiger partial charge in [0.1, 0.15) is 5.82 Å². The number of rotatable bonds is 5. The van der Waals surface area contributed by atoms with E-state index in [9.17, 15) is 18.0 Å². The molecule has 37 heavy (non-hydrogen) atoms. The first-order valence-electron chi connectivity index (χ1n) is 12.0. The Labute approximate surface area is 212 Å². The Morgan fingerprint density at radius 1 is 0.973 bits per heavy atom. The standard InChI is InChI=1S/C26H28F3N5O3/c1-36-21-9-8-17(14-22(21)37-2)19-15-23(26(27,28)29)34-24(30-19)16-20(31-34)25(35)33-12-10-32(11-13-33)18-6-4-3-5-7-18/h3-9,14,16,19,23,30H,10-13,15H2,1-2H3/t19-,23-/m0/s1. The minimum atomic E-state index is -4.54. The number of carbonyl (C=O) groups is 1. The minimum absolute atomic E-state index is 0.00197. The average molecular weight is 516 g/mol. The van der Waals surface area contributed by atoms with Crippen molar-refractivity contribution in [3.8, 4) is 11.5 Å². The van der Waals surface area contributed by atoms with Crippen molar-refractivity contribution in [1.29, 1.82) is 0 Å². The zero-order valence-corrected chi connectivity index (χ0v) is 20.5. The van der Waals surface area contributed by atoms with Crippen LogP contribution in [0.3, 0.4) is 0 Å². The molecule has 3 aromatic rings. The first-order chi connectivity index (χ1) is 17.8. The van der Waals surface area contributed by atoms with Crippen molar-refractivity contribution < 1.29 is 27.4 Å². The molecule has 1 aromatic heterocycles. The van der Waals surface area contributed by atoms with Gasteiger partial charge in [0.05, 0.1) is 20.3 Å². The molecule has 0 spiro atoms. The van der Waals surface area contributed by atoms with Gasteiger partial charge in [-0.3, -0.25) is 4.79 Å². The molecule has 0 bridgehead atoms. The zero-order chi connectivity index (χ0) is 26.2. The molecule has 11 heteroatoms. The number of methoxy groups -OCH3 is 2. The molecule has 2 aromatic carbocycles. The second-order valence-electron chi connectivity index (χ2n) is 9.08. The predicted octanol–water partition coefficient (Wildman–Crippen LogP) is 4.52. The van der Waals surface area contributed by atoms with E-state index in [0.717, 1.165) is 10.4 Å². The van der Waals surface area contributed by atoms with Crippen molar-refractivity contribution in [3.63, 3.8) is 0 Å². The Morgan fingerprint density at radius 2 is 1.68 bits per heavy atom. The monoisotopic (exact) mass is 515 g/mol. The Balaban J connectivity index is 1.36. The van der Waals surface area contributed by atoms with Gasteiger partial charge in [0.2, 0.25) is 0 Å². The number of benzene rings is 2. The molecule has 0 aliphatic carbocycles. The number of nitrogens with one attached hydrogen (secondary N) is 1. The fourth-order valence-corrected chi connectivity index (χ4v) is 4.93. The van der Waals surface area contributed by atoms with E-state index in [4.69, 9.17) is 9.47 Å². The number of nitrogens with zero attached hydrogens (tertiary/aromatic N) is 4. The molecular weight excluding hydrogens is 487 g/mol. The topological polar surface area (TPSA) is 71.9 Å². The van der Waals surface area contributed by atoms with Gasteiger partial charge in [0, 0.05) is 44.4 Å². The second kappa shape index (κ2) is 9.87. The summed E-state index contributed by atoms with van der Waals surface area (Å²) in [5.41, 5.74) is 1.69. The summed E-state index contributed by atoms with van der Waals surface area (Å²) in [7, 11) is 2.97. The smallest absolute Gasteiger partial charge is 0.410 e. The normalized spacial score (nSPS) is 19.7. The van der Waals surface area contributed by atoms with E-state index < -0.39 is 18.3 Å². The Hall–Kier alpha value is -3.89.